The van der Waals surface area contributed by atoms with Crippen LogP contribution in [0.3, 0.4) is 0 Å². The first-order valence-electron chi connectivity index (χ1n) is 11.0. The van der Waals surface area contributed by atoms with Crippen molar-refractivity contribution in [1.29, 1.82) is 0 Å². The third kappa shape index (κ3) is 4.91. The number of rotatable bonds is 5. The summed E-state index contributed by atoms with van der Waals surface area (Å²) in [7, 11) is 0. The number of hydrogen-bond donors (Lipinski definition) is 2. The highest BCUT2D eigenvalue weighted by Gasteiger charge is 2.26. The molecule has 2 saturated heterocycles. The molecule has 1 aromatic carbocycles. The van der Waals surface area contributed by atoms with Crippen LogP contribution in [-0.4, -0.2) is 51.6 Å². The quantitative estimate of drug-likeness (QED) is 0.542. The number of pyridine rings is 1. The highest BCUT2D eigenvalue weighted by Crippen LogP contribution is 2.26. The number of carbonyl (C=O) groups is 3. The van der Waals surface area contributed by atoms with Crippen LogP contribution in [0.4, 0.5) is 10.7 Å². The molecule has 172 valence electrons. The number of imide groups is 1. The van der Waals surface area contributed by atoms with E-state index in [1.165, 1.54) is 0 Å². The van der Waals surface area contributed by atoms with Gasteiger partial charge in [-0.25, -0.2) is 15.0 Å². The van der Waals surface area contributed by atoms with Gasteiger partial charge in [0.15, 0.2) is 0 Å². The van der Waals surface area contributed by atoms with Crippen LogP contribution in [0.5, 0.6) is 0 Å². The van der Waals surface area contributed by atoms with Crippen LogP contribution >= 0.6 is 11.8 Å². The average Bonchev–Trinajstić information content (AvgIpc) is 3.18. The summed E-state index contributed by atoms with van der Waals surface area (Å²) in [6.45, 7) is 2.12. The van der Waals surface area contributed by atoms with E-state index in [2.05, 4.69) is 30.5 Å². The van der Waals surface area contributed by atoms with Gasteiger partial charge < -0.3 is 10.2 Å². The van der Waals surface area contributed by atoms with E-state index in [9.17, 15) is 14.4 Å². The van der Waals surface area contributed by atoms with Crippen LogP contribution in [0.25, 0.3) is 17.0 Å². The second-order valence-corrected chi connectivity index (χ2v) is 9.18. The summed E-state index contributed by atoms with van der Waals surface area (Å²) >= 11 is 0.865. The van der Waals surface area contributed by atoms with Crippen LogP contribution in [0, 0.1) is 5.92 Å². The van der Waals surface area contributed by atoms with E-state index in [4.69, 9.17) is 0 Å². The zero-order valence-corrected chi connectivity index (χ0v) is 19.0. The Bertz CT molecular complexity index is 1300. The maximum Gasteiger partial charge on any atom is 0.290 e. The number of aromatic nitrogens is 3. The zero-order valence-electron chi connectivity index (χ0n) is 18.2. The van der Waals surface area contributed by atoms with Crippen molar-refractivity contribution in [2.75, 3.05) is 24.5 Å². The Morgan fingerprint density at radius 2 is 1.94 bits per heavy atom. The summed E-state index contributed by atoms with van der Waals surface area (Å²) < 4.78 is 0. The Hall–Kier alpha value is -3.79. The van der Waals surface area contributed by atoms with E-state index in [0.29, 0.717) is 34.7 Å². The molecule has 10 heteroatoms. The molecule has 0 radical (unpaired) electrons. The molecule has 2 fully saturated rings. The highest BCUT2D eigenvalue weighted by molar-refractivity contribution is 8.18. The lowest BCUT2D eigenvalue weighted by Gasteiger charge is -2.32. The predicted molar refractivity (Wildman–Crippen MR) is 130 cm³/mol. The van der Waals surface area contributed by atoms with Gasteiger partial charge in [-0.1, -0.05) is 24.3 Å². The van der Waals surface area contributed by atoms with E-state index >= 15 is 0 Å². The molecule has 2 aliphatic rings. The van der Waals surface area contributed by atoms with Gasteiger partial charge >= 0.3 is 0 Å². The molecule has 5 rings (SSSR count). The van der Waals surface area contributed by atoms with Crippen LogP contribution in [0.1, 0.15) is 29.0 Å². The van der Waals surface area contributed by atoms with Crippen LogP contribution in [-0.2, 0) is 4.79 Å². The molecule has 0 saturated carbocycles. The summed E-state index contributed by atoms with van der Waals surface area (Å²) in [5.41, 5.74) is 1.81. The van der Waals surface area contributed by atoms with Crippen molar-refractivity contribution in [3.05, 3.63) is 65.0 Å². The Kier molecular flexibility index (Phi) is 6.22. The lowest BCUT2D eigenvalue weighted by atomic mass is 9.97. The monoisotopic (exact) mass is 474 g/mol. The molecule has 4 heterocycles. The van der Waals surface area contributed by atoms with Gasteiger partial charge in [-0.15, -0.1) is 0 Å². The van der Waals surface area contributed by atoms with Crippen LogP contribution < -0.4 is 15.5 Å². The fraction of sp³-hybridized carbons (Fsp3) is 0.250. The number of para-hydroxylation sites is 1. The molecule has 2 aliphatic heterocycles. The fourth-order valence-corrected chi connectivity index (χ4v) is 4.67. The third-order valence-corrected chi connectivity index (χ3v) is 6.68. The van der Waals surface area contributed by atoms with Crippen molar-refractivity contribution < 1.29 is 14.4 Å². The number of benzene rings is 1. The molecule has 3 aromatic rings. The van der Waals surface area contributed by atoms with Gasteiger partial charge in [0.1, 0.15) is 5.69 Å². The number of thioether (sulfide) groups is 1. The second-order valence-electron chi connectivity index (χ2n) is 8.16. The van der Waals surface area contributed by atoms with Crippen molar-refractivity contribution in [1.82, 2.24) is 25.6 Å². The third-order valence-electron chi connectivity index (χ3n) is 5.87. The first kappa shape index (κ1) is 22.0. The van der Waals surface area contributed by atoms with Gasteiger partial charge in [0, 0.05) is 31.2 Å². The number of anilines is 1. The topological polar surface area (TPSA) is 117 Å². The van der Waals surface area contributed by atoms with Gasteiger partial charge in [0.05, 0.1) is 16.1 Å². The predicted octanol–water partition coefficient (Wildman–Crippen LogP) is 3.00. The van der Waals surface area contributed by atoms with Crippen molar-refractivity contribution in [3.63, 3.8) is 0 Å². The normalized spacial score (nSPS) is 17.9. The van der Waals surface area contributed by atoms with Crippen molar-refractivity contribution in [3.8, 4) is 0 Å². The number of nitrogens with one attached hydrogen (secondary N) is 2. The van der Waals surface area contributed by atoms with Gasteiger partial charge in [-0.2, -0.15) is 0 Å². The van der Waals surface area contributed by atoms with E-state index in [1.54, 1.807) is 24.4 Å². The summed E-state index contributed by atoms with van der Waals surface area (Å²) in [6, 6.07) is 13.1. The largest absolute Gasteiger partial charge is 0.350 e. The van der Waals surface area contributed by atoms with E-state index in [1.807, 2.05) is 30.3 Å². The molecule has 0 atom stereocenters. The molecule has 2 N–H and O–H groups in total. The molecule has 3 amide bonds. The number of hydrogen-bond acceptors (Lipinski definition) is 8. The summed E-state index contributed by atoms with van der Waals surface area (Å²) in [4.78, 5) is 51.5. The SMILES string of the molecule is O=C1NC(=O)C(=Cc2ccnc(N3CCC(CNC(=O)c4ccc5ccccc5n4)CC3)n2)S1. The molecule has 2 aromatic heterocycles. The first-order valence-corrected chi connectivity index (χ1v) is 11.8. The number of piperidine rings is 1. The molecule has 0 spiro atoms. The fourth-order valence-electron chi connectivity index (χ4n) is 4.01. The standard InChI is InChI=1S/C24H22N6O3S/c31-21(19-6-5-16-3-1-2-4-18(16)28-19)26-14-15-8-11-30(12-9-15)23-25-10-7-17(27-23)13-20-22(32)29-24(33)34-20/h1-7,10,13,15H,8-9,11-12,14H2,(H,26,31)(H,29,32,33). The lowest BCUT2D eigenvalue weighted by molar-refractivity contribution is -0.115. The number of amides is 3. The Balaban J connectivity index is 1.15. The van der Waals surface area contributed by atoms with Crippen LogP contribution in [0.15, 0.2) is 53.6 Å². The van der Waals surface area contributed by atoms with Crippen molar-refractivity contribution in [2.45, 2.75) is 12.8 Å². The molecule has 0 bridgehead atoms. The maximum absolute atomic E-state index is 12.6. The Morgan fingerprint density at radius 3 is 2.74 bits per heavy atom. The van der Waals surface area contributed by atoms with Crippen molar-refractivity contribution >= 4 is 51.7 Å². The molecular formula is C24H22N6O3S. The van der Waals surface area contributed by atoms with E-state index in [-0.39, 0.29) is 11.1 Å². The zero-order chi connectivity index (χ0) is 23.5. The maximum atomic E-state index is 12.6. The Morgan fingerprint density at radius 1 is 1.12 bits per heavy atom. The van der Waals surface area contributed by atoms with Gasteiger partial charge in [0.2, 0.25) is 5.95 Å². The van der Waals surface area contributed by atoms with Gasteiger partial charge in [0.25, 0.3) is 17.1 Å². The highest BCUT2D eigenvalue weighted by atomic mass is 32.2. The minimum absolute atomic E-state index is 0.162. The van der Waals surface area contributed by atoms with E-state index in [0.717, 1.165) is 48.6 Å². The minimum atomic E-state index is -0.406. The van der Waals surface area contributed by atoms with E-state index < -0.39 is 5.91 Å². The minimum Gasteiger partial charge on any atom is -0.350 e. The molecule has 9 nitrogen and oxygen atoms in total. The molecule has 0 unspecified atom stereocenters. The van der Waals surface area contributed by atoms with Crippen LogP contribution in [0.2, 0.25) is 0 Å². The smallest absolute Gasteiger partial charge is 0.290 e. The first-order chi connectivity index (χ1) is 16.5. The summed E-state index contributed by atoms with van der Waals surface area (Å²) in [5.74, 6) is 0.379. The average molecular weight is 475 g/mol. The molecule has 0 aliphatic carbocycles. The second kappa shape index (κ2) is 9.60. The molecule has 34 heavy (non-hydrogen) atoms. The van der Waals surface area contributed by atoms with Crippen molar-refractivity contribution in [2.24, 2.45) is 5.92 Å². The van der Waals surface area contributed by atoms with Gasteiger partial charge in [-0.3, -0.25) is 19.7 Å². The van der Waals surface area contributed by atoms with Gasteiger partial charge in [-0.05, 0) is 54.8 Å². The number of fused-ring (bicyclic) bond motifs is 1. The Labute approximate surface area is 200 Å². The number of carbonyl (C=O) groups excluding carboxylic acids is 3. The summed E-state index contributed by atoms with van der Waals surface area (Å²) in [5, 5.41) is 5.88. The molecular weight excluding hydrogens is 452 g/mol. The lowest BCUT2D eigenvalue weighted by Crippen LogP contribution is -2.39. The number of nitrogens with zero attached hydrogens (tertiary/aromatic N) is 4. The summed E-state index contributed by atoms with van der Waals surface area (Å²) in [6.07, 6.45) is 5.04.